The number of anilines is 3. The molecule has 0 radical (unpaired) electrons. The number of hydrogen-bond acceptors (Lipinski definition) is 2. The molecular weight excluding hydrogens is 717 g/mol. The molecule has 0 unspecified atom stereocenters. The Labute approximate surface area is 341 Å². The Kier molecular flexibility index (Phi) is 7.54. The molecule has 12 rings (SSSR count). The van der Waals surface area contributed by atoms with E-state index in [0.29, 0.717) is 0 Å². The van der Waals surface area contributed by atoms with Crippen LogP contribution in [-0.2, 0) is 0 Å². The lowest BCUT2D eigenvalue weighted by Crippen LogP contribution is -2.10. The number of rotatable bonds is 6. The molecule has 0 spiro atoms. The maximum absolute atomic E-state index is 6.59. The van der Waals surface area contributed by atoms with Crippen molar-refractivity contribution in [3.8, 4) is 27.9 Å². The lowest BCUT2D eigenvalue weighted by Gasteiger charge is -2.27. The lowest BCUT2D eigenvalue weighted by molar-refractivity contribution is 0.673. The zero-order valence-electron chi connectivity index (χ0n) is 32.1. The van der Waals surface area contributed by atoms with Gasteiger partial charge in [0.15, 0.2) is 0 Å². The average Bonchev–Trinajstić information content (AvgIpc) is 3.86. The summed E-state index contributed by atoms with van der Waals surface area (Å²) in [6.07, 6.45) is 0. The number of fused-ring (bicyclic) bond motifs is 9. The summed E-state index contributed by atoms with van der Waals surface area (Å²) in [7, 11) is 0. The second-order valence-electron chi connectivity index (χ2n) is 15.3. The number of aromatic nitrogens is 1. The first-order valence-electron chi connectivity index (χ1n) is 20.2. The van der Waals surface area contributed by atoms with E-state index >= 15 is 0 Å². The van der Waals surface area contributed by atoms with E-state index in [4.69, 9.17) is 4.42 Å². The van der Waals surface area contributed by atoms with Crippen LogP contribution in [0.4, 0.5) is 17.1 Å². The molecule has 0 saturated heterocycles. The first-order valence-corrected chi connectivity index (χ1v) is 20.2. The van der Waals surface area contributed by atoms with Gasteiger partial charge in [-0.1, -0.05) is 152 Å². The monoisotopic (exact) mass is 752 g/mol. The third-order valence-electron chi connectivity index (χ3n) is 12.0. The lowest BCUT2D eigenvalue weighted by atomic mass is 9.97. The number of nitrogens with zero attached hydrogens (tertiary/aromatic N) is 2. The van der Waals surface area contributed by atoms with Crippen LogP contribution in [0.25, 0.3) is 93.2 Å². The summed E-state index contributed by atoms with van der Waals surface area (Å²) < 4.78 is 8.98. The highest BCUT2D eigenvalue weighted by Gasteiger charge is 2.19. The highest BCUT2D eigenvalue weighted by atomic mass is 16.3. The SMILES string of the molecule is c1cc(-c2cccc3oc4c5ccccc5ccc4c23)cc(N(c2ccc(-c3cccc(-n4c5ccccc5c5ccccc54)c3)cc2)c2cccc3ccccc23)c1. The Morgan fingerprint density at radius 3 is 1.80 bits per heavy atom. The molecule has 0 aliphatic carbocycles. The van der Waals surface area contributed by atoms with Crippen LogP contribution in [-0.4, -0.2) is 4.57 Å². The molecule has 0 aliphatic rings. The molecule has 10 aromatic carbocycles. The van der Waals surface area contributed by atoms with Crippen LogP contribution in [0.5, 0.6) is 0 Å². The molecule has 3 nitrogen and oxygen atoms in total. The maximum Gasteiger partial charge on any atom is 0.143 e. The Balaban J connectivity index is 0.985. The number of hydrogen-bond donors (Lipinski definition) is 0. The highest BCUT2D eigenvalue weighted by Crippen LogP contribution is 2.44. The fraction of sp³-hybridized carbons (Fsp3) is 0. The van der Waals surface area contributed by atoms with Crippen molar-refractivity contribution in [2.24, 2.45) is 0 Å². The molecule has 0 fully saturated rings. The van der Waals surface area contributed by atoms with Crippen molar-refractivity contribution in [2.75, 3.05) is 4.90 Å². The van der Waals surface area contributed by atoms with Gasteiger partial charge >= 0.3 is 0 Å². The van der Waals surface area contributed by atoms with Crippen LogP contribution < -0.4 is 4.90 Å². The quantitative estimate of drug-likeness (QED) is 0.169. The van der Waals surface area contributed by atoms with E-state index in [9.17, 15) is 0 Å². The molecule has 12 aromatic rings. The van der Waals surface area contributed by atoms with Gasteiger partial charge in [0.1, 0.15) is 11.2 Å². The van der Waals surface area contributed by atoms with Crippen molar-refractivity contribution in [1.29, 1.82) is 0 Å². The first kappa shape index (κ1) is 33.3. The van der Waals surface area contributed by atoms with Crippen LogP contribution in [0.1, 0.15) is 0 Å². The van der Waals surface area contributed by atoms with Crippen LogP contribution in [0.2, 0.25) is 0 Å². The minimum absolute atomic E-state index is 0.892. The molecule has 0 saturated carbocycles. The van der Waals surface area contributed by atoms with Crippen LogP contribution in [0, 0.1) is 0 Å². The van der Waals surface area contributed by atoms with Gasteiger partial charge in [0.2, 0.25) is 0 Å². The largest absolute Gasteiger partial charge is 0.455 e. The van der Waals surface area contributed by atoms with Crippen molar-refractivity contribution in [3.63, 3.8) is 0 Å². The van der Waals surface area contributed by atoms with E-state index < -0.39 is 0 Å². The van der Waals surface area contributed by atoms with Gasteiger partial charge in [-0.15, -0.1) is 0 Å². The minimum atomic E-state index is 0.892. The van der Waals surface area contributed by atoms with Crippen molar-refractivity contribution in [2.45, 2.75) is 0 Å². The standard InChI is InChI=1S/C56H36N2O/c1-3-20-45-38(13-1)15-11-27-51(45)57(43-18-10-17-41(36-43)46-24-12-28-54-55(46)50-34-31-39-14-2-4-21-47(39)56(50)59-54)42-32-29-37(30-33-42)40-16-9-19-44(35-40)58-52-25-7-5-22-48(52)49-23-6-8-26-53(49)58/h1-36H. The fourth-order valence-electron chi connectivity index (χ4n) is 9.27. The summed E-state index contributed by atoms with van der Waals surface area (Å²) >= 11 is 0. The molecule has 0 atom stereocenters. The van der Waals surface area contributed by atoms with Gasteiger partial charge in [-0.05, 0) is 99.8 Å². The summed E-state index contributed by atoms with van der Waals surface area (Å²) in [5.74, 6) is 0. The average molecular weight is 753 g/mol. The molecule has 2 heterocycles. The predicted octanol–water partition coefficient (Wildman–Crippen LogP) is 15.8. The van der Waals surface area contributed by atoms with Gasteiger partial charge in [0.25, 0.3) is 0 Å². The van der Waals surface area contributed by atoms with Crippen LogP contribution in [0.3, 0.4) is 0 Å². The number of furan rings is 1. The second-order valence-corrected chi connectivity index (χ2v) is 15.3. The Bertz CT molecular complexity index is 3510. The maximum atomic E-state index is 6.59. The van der Waals surface area contributed by atoms with Gasteiger partial charge in [0.05, 0.1) is 16.7 Å². The topological polar surface area (TPSA) is 21.3 Å². The third-order valence-corrected chi connectivity index (χ3v) is 12.0. The molecule has 2 aromatic heterocycles. The Morgan fingerprint density at radius 2 is 1.00 bits per heavy atom. The minimum Gasteiger partial charge on any atom is -0.455 e. The summed E-state index contributed by atoms with van der Waals surface area (Å²) in [5, 5.41) is 9.49. The number of benzene rings is 10. The van der Waals surface area contributed by atoms with Crippen LogP contribution in [0.15, 0.2) is 223 Å². The van der Waals surface area contributed by atoms with E-state index in [1.165, 1.54) is 43.5 Å². The zero-order chi connectivity index (χ0) is 38.9. The smallest absolute Gasteiger partial charge is 0.143 e. The summed E-state index contributed by atoms with van der Waals surface area (Å²) in [6.45, 7) is 0. The van der Waals surface area contributed by atoms with Crippen molar-refractivity contribution >= 4 is 82.4 Å². The van der Waals surface area contributed by atoms with Crippen molar-refractivity contribution in [1.82, 2.24) is 4.57 Å². The van der Waals surface area contributed by atoms with E-state index in [1.807, 2.05) is 0 Å². The summed E-state index contributed by atoms with van der Waals surface area (Å²) in [6, 6.07) is 78.7. The highest BCUT2D eigenvalue weighted by molar-refractivity contribution is 6.19. The van der Waals surface area contributed by atoms with Gasteiger partial charge in [-0.2, -0.15) is 0 Å². The summed E-state index contributed by atoms with van der Waals surface area (Å²) in [5.41, 5.74) is 13.3. The molecule has 3 heteroatoms. The first-order chi connectivity index (χ1) is 29.3. The van der Waals surface area contributed by atoms with Crippen LogP contribution >= 0.6 is 0 Å². The molecule has 0 aliphatic heterocycles. The normalized spacial score (nSPS) is 11.7. The molecular formula is C56H36N2O. The van der Waals surface area contributed by atoms with Gasteiger partial charge in [-0.3, -0.25) is 0 Å². The van der Waals surface area contributed by atoms with E-state index in [0.717, 1.165) is 66.8 Å². The van der Waals surface area contributed by atoms with Crippen molar-refractivity contribution < 1.29 is 4.42 Å². The van der Waals surface area contributed by atoms with Gasteiger partial charge in [0, 0.05) is 49.4 Å². The molecule has 0 bridgehead atoms. The number of para-hydroxylation sites is 2. The van der Waals surface area contributed by atoms with Crippen molar-refractivity contribution in [3.05, 3.63) is 218 Å². The van der Waals surface area contributed by atoms with E-state index in [-0.39, 0.29) is 0 Å². The third kappa shape index (κ3) is 5.36. The molecule has 0 N–H and O–H groups in total. The van der Waals surface area contributed by atoms with E-state index in [2.05, 4.69) is 228 Å². The Hall–Kier alpha value is -7.88. The predicted molar refractivity (Wildman–Crippen MR) is 249 cm³/mol. The van der Waals surface area contributed by atoms with E-state index in [1.54, 1.807) is 0 Å². The fourth-order valence-corrected chi connectivity index (χ4v) is 9.27. The zero-order valence-corrected chi connectivity index (χ0v) is 32.1. The molecule has 0 amide bonds. The summed E-state index contributed by atoms with van der Waals surface area (Å²) in [4.78, 5) is 2.39. The molecule has 59 heavy (non-hydrogen) atoms. The Morgan fingerprint density at radius 1 is 0.373 bits per heavy atom. The molecule has 276 valence electrons. The second kappa shape index (κ2) is 13.4. The van der Waals surface area contributed by atoms with Gasteiger partial charge < -0.3 is 13.9 Å². The van der Waals surface area contributed by atoms with Gasteiger partial charge in [-0.25, -0.2) is 0 Å².